The molecule has 1 amide bonds. The SMILES string of the molecule is O=C(NNc1ccccc1[N+](=O)[O-])c1cn(-c2ccccc2)nc1-c1cccs1. The van der Waals surface area contributed by atoms with Crippen LogP contribution in [0.25, 0.3) is 16.3 Å². The minimum atomic E-state index is -0.515. The van der Waals surface area contributed by atoms with Crippen molar-refractivity contribution in [3.8, 4) is 16.3 Å². The molecule has 29 heavy (non-hydrogen) atoms. The van der Waals surface area contributed by atoms with E-state index in [1.165, 1.54) is 23.5 Å². The van der Waals surface area contributed by atoms with Gasteiger partial charge in [-0.05, 0) is 29.6 Å². The Morgan fingerprint density at radius 3 is 2.52 bits per heavy atom. The lowest BCUT2D eigenvalue weighted by Gasteiger charge is -2.08. The van der Waals surface area contributed by atoms with Crippen molar-refractivity contribution in [3.05, 3.63) is 94.0 Å². The Balaban J connectivity index is 1.64. The lowest BCUT2D eigenvalue weighted by molar-refractivity contribution is -0.384. The van der Waals surface area contributed by atoms with Crippen LogP contribution in [-0.2, 0) is 0 Å². The van der Waals surface area contributed by atoms with Crippen molar-refractivity contribution in [2.75, 3.05) is 5.43 Å². The number of thiophene rings is 1. The smallest absolute Gasteiger partial charge is 0.292 e. The number of amides is 1. The highest BCUT2D eigenvalue weighted by molar-refractivity contribution is 7.13. The summed E-state index contributed by atoms with van der Waals surface area (Å²) in [5.74, 6) is -0.450. The van der Waals surface area contributed by atoms with Crippen molar-refractivity contribution in [3.63, 3.8) is 0 Å². The fraction of sp³-hybridized carbons (Fsp3) is 0. The molecule has 0 bridgehead atoms. The van der Waals surface area contributed by atoms with Gasteiger partial charge >= 0.3 is 0 Å². The topological polar surface area (TPSA) is 102 Å². The summed E-state index contributed by atoms with van der Waals surface area (Å²) in [6.07, 6.45) is 1.64. The van der Waals surface area contributed by atoms with Gasteiger partial charge in [0.1, 0.15) is 11.4 Å². The third-order valence-corrected chi connectivity index (χ3v) is 5.02. The molecule has 2 N–H and O–H groups in total. The molecule has 2 aromatic heterocycles. The Hall–Kier alpha value is -3.98. The van der Waals surface area contributed by atoms with Gasteiger partial charge in [-0.3, -0.25) is 25.8 Å². The monoisotopic (exact) mass is 405 g/mol. The van der Waals surface area contributed by atoms with Gasteiger partial charge in [-0.1, -0.05) is 36.4 Å². The maximum atomic E-state index is 12.9. The fourth-order valence-corrected chi connectivity index (χ4v) is 3.50. The van der Waals surface area contributed by atoms with Crippen molar-refractivity contribution < 1.29 is 9.72 Å². The normalized spacial score (nSPS) is 10.5. The van der Waals surface area contributed by atoms with E-state index in [0.717, 1.165) is 10.6 Å². The molecule has 0 fully saturated rings. The van der Waals surface area contributed by atoms with Crippen molar-refractivity contribution >= 4 is 28.6 Å². The first-order valence-corrected chi connectivity index (χ1v) is 9.50. The third kappa shape index (κ3) is 3.85. The number of nitro groups is 1. The number of hydrogen-bond acceptors (Lipinski definition) is 6. The maximum Gasteiger partial charge on any atom is 0.294 e. The highest BCUT2D eigenvalue weighted by Gasteiger charge is 2.20. The molecule has 0 atom stereocenters. The van der Waals surface area contributed by atoms with E-state index in [4.69, 9.17) is 0 Å². The third-order valence-electron chi connectivity index (χ3n) is 4.15. The number of para-hydroxylation sites is 3. The second-order valence-corrected chi connectivity index (χ2v) is 6.95. The average molecular weight is 405 g/mol. The number of hydrazine groups is 1. The van der Waals surface area contributed by atoms with E-state index in [0.29, 0.717) is 11.3 Å². The standard InChI is InChI=1S/C20H15N5O3S/c26-20(22-21-16-9-4-5-10-17(16)25(27)28)15-13-24(14-7-2-1-3-8-14)23-19(15)18-11-6-12-29-18/h1-13,21H,(H,22,26). The summed E-state index contributed by atoms with van der Waals surface area (Å²) < 4.78 is 1.63. The van der Waals surface area contributed by atoms with Crippen LogP contribution in [0.5, 0.6) is 0 Å². The molecule has 0 spiro atoms. The summed E-state index contributed by atoms with van der Waals surface area (Å²) in [7, 11) is 0. The number of nitrogens with zero attached hydrogens (tertiary/aromatic N) is 3. The number of rotatable bonds is 6. The number of benzene rings is 2. The molecule has 0 saturated heterocycles. The second kappa shape index (κ2) is 7.95. The fourth-order valence-electron chi connectivity index (χ4n) is 2.78. The van der Waals surface area contributed by atoms with Gasteiger partial charge in [0.2, 0.25) is 0 Å². The Labute approximate surface area is 169 Å². The van der Waals surface area contributed by atoms with Crippen LogP contribution in [0.1, 0.15) is 10.4 Å². The molecule has 0 unspecified atom stereocenters. The average Bonchev–Trinajstić information content (AvgIpc) is 3.42. The van der Waals surface area contributed by atoms with Gasteiger partial charge in [0, 0.05) is 12.3 Å². The van der Waals surface area contributed by atoms with Crippen molar-refractivity contribution in [1.29, 1.82) is 0 Å². The van der Waals surface area contributed by atoms with Gasteiger partial charge in [0.05, 0.1) is 21.1 Å². The van der Waals surface area contributed by atoms with Crippen LogP contribution in [0.3, 0.4) is 0 Å². The largest absolute Gasteiger partial charge is 0.294 e. The number of nitro benzene ring substituents is 1. The Morgan fingerprint density at radius 2 is 1.79 bits per heavy atom. The molecule has 2 heterocycles. The van der Waals surface area contributed by atoms with Gasteiger partial charge in [-0.2, -0.15) is 5.10 Å². The van der Waals surface area contributed by atoms with E-state index in [1.54, 1.807) is 23.0 Å². The van der Waals surface area contributed by atoms with Crippen molar-refractivity contribution in [2.24, 2.45) is 0 Å². The van der Waals surface area contributed by atoms with Gasteiger partial charge in [-0.15, -0.1) is 11.3 Å². The lowest BCUT2D eigenvalue weighted by Crippen LogP contribution is -2.29. The minimum absolute atomic E-state index is 0.133. The summed E-state index contributed by atoms with van der Waals surface area (Å²) in [5, 5.41) is 17.6. The zero-order valence-corrected chi connectivity index (χ0v) is 15.8. The van der Waals surface area contributed by atoms with Crippen LogP contribution in [0.4, 0.5) is 11.4 Å². The van der Waals surface area contributed by atoms with Gasteiger partial charge in [0.15, 0.2) is 0 Å². The molecule has 0 saturated carbocycles. The van der Waals surface area contributed by atoms with Crippen LogP contribution in [0, 0.1) is 10.1 Å². The summed E-state index contributed by atoms with van der Waals surface area (Å²) in [4.78, 5) is 24.3. The summed E-state index contributed by atoms with van der Waals surface area (Å²) in [5.41, 5.74) is 6.93. The van der Waals surface area contributed by atoms with Crippen molar-refractivity contribution in [1.82, 2.24) is 15.2 Å². The molecule has 8 nitrogen and oxygen atoms in total. The van der Waals surface area contributed by atoms with Crippen LogP contribution < -0.4 is 10.9 Å². The number of anilines is 1. The number of carbonyl (C=O) groups is 1. The van der Waals surface area contributed by atoms with Crippen LogP contribution in [0.15, 0.2) is 78.3 Å². The molecule has 0 aliphatic rings. The molecule has 0 aliphatic heterocycles. The first-order valence-electron chi connectivity index (χ1n) is 8.62. The summed E-state index contributed by atoms with van der Waals surface area (Å²) in [6, 6.07) is 19.3. The van der Waals surface area contributed by atoms with Gasteiger partial charge in [-0.25, -0.2) is 4.68 Å². The Bertz CT molecular complexity index is 1160. The van der Waals surface area contributed by atoms with Crippen LogP contribution in [-0.4, -0.2) is 20.6 Å². The molecule has 0 aliphatic carbocycles. The highest BCUT2D eigenvalue weighted by Crippen LogP contribution is 2.28. The van der Waals surface area contributed by atoms with Crippen LogP contribution >= 0.6 is 11.3 Å². The maximum absolute atomic E-state index is 12.9. The molecule has 2 aromatic carbocycles. The van der Waals surface area contributed by atoms with E-state index in [1.807, 2.05) is 47.8 Å². The van der Waals surface area contributed by atoms with E-state index in [9.17, 15) is 14.9 Å². The molecule has 4 rings (SSSR count). The second-order valence-electron chi connectivity index (χ2n) is 6.00. The zero-order valence-electron chi connectivity index (χ0n) is 15.0. The first-order chi connectivity index (χ1) is 14.1. The van der Waals surface area contributed by atoms with E-state index in [2.05, 4.69) is 16.0 Å². The Morgan fingerprint density at radius 1 is 1.03 bits per heavy atom. The van der Waals surface area contributed by atoms with Crippen LogP contribution in [0.2, 0.25) is 0 Å². The molecule has 0 radical (unpaired) electrons. The lowest BCUT2D eigenvalue weighted by atomic mass is 10.2. The summed E-state index contributed by atoms with van der Waals surface area (Å²) in [6.45, 7) is 0. The molecule has 4 aromatic rings. The number of carbonyl (C=O) groups excluding carboxylic acids is 1. The molecule has 9 heteroatoms. The number of aromatic nitrogens is 2. The van der Waals surface area contributed by atoms with Crippen molar-refractivity contribution in [2.45, 2.75) is 0 Å². The predicted octanol–water partition coefficient (Wildman–Crippen LogP) is 4.27. The number of nitrogens with one attached hydrogen (secondary N) is 2. The molecular weight excluding hydrogens is 390 g/mol. The first kappa shape index (κ1) is 18.4. The predicted molar refractivity (Wildman–Crippen MR) is 111 cm³/mol. The zero-order chi connectivity index (χ0) is 20.2. The quantitative estimate of drug-likeness (QED) is 0.368. The summed E-state index contributed by atoms with van der Waals surface area (Å²) >= 11 is 1.47. The minimum Gasteiger partial charge on any atom is -0.292 e. The van der Waals surface area contributed by atoms with Gasteiger partial charge in [0.25, 0.3) is 11.6 Å². The molecule has 144 valence electrons. The van der Waals surface area contributed by atoms with E-state index < -0.39 is 10.8 Å². The highest BCUT2D eigenvalue weighted by atomic mass is 32.1. The molecular formula is C20H15N5O3S. The van der Waals surface area contributed by atoms with E-state index in [-0.39, 0.29) is 11.4 Å². The Kier molecular flexibility index (Phi) is 5.04. The van der Waals surface area contributed by atoms with E-state index >= 15 is 0 Å². The van der Waals surface area contributed by atoms with Gasteiger partial charge < -0.3 is 0 Å². The number of hydrogen-bond donors (Lipinski definition) is 2.